The number of ether oxygens (including phenoxy) is 2. The fourth-order valence-electron chi connectivity index (χ4n) is 1.09. The Morgan fingerprint density at radius 3 is 2.75 bits per heavy atom. The molecule has 5 heteroatoms. The van der Waals surface area contributed by atoms with Crippen LogP contribution in [-0.4, -0.2) is 25.3 Å². The zero-order valence-corrected chi connectivity index (χ0v) is 9.56. The van der Waals surface area contributed by atoms with Gasteiger partial charge in [0.2, 0.25) is 5.76 Å². The first-order valence-corrected chi connectivity index (χ1v) is 5.21. The van der Waals surface area contributed by atoms with Crippen LogP contribution >= 0.6 is 0 Å². The first-order valence-electron chi connectivity index (χ1n) is 5.21. The summed E-state index contributed by atoms with van der Waals surface area (Å²) < 4.78 is 15.3. The minimum absolute atomic E-state index is 0.131. The molecule has 0 spiro atoms. The molecule has 0 saturated carbocycles. The van der Waals surface area contributed by atoms with Crippen LogP contribution in [0.3, 0.4) is 0 Å². The highest BCUT2D eigenvalue weighted by molar-refractivity contribution is 5.86. The summed E-state index contributed by atoms with van der Waals surface area (Å²) in [5, 5.41) is 0. The van der Waals surface area contributed by atoms with Crippen LogP contribution in [0.25, 0.3) is 0 Å². The highest BCUT2D eigenvalue weighted by Crippen LogP contribution is 2.08. The van der Waals surface area contributed by atoms with Gasteiger partial charge in [0.25, 0.3) is 0 Å². The van der Waals surface area contributed by atoms with Gasteiger partial charge in [0, 0.05) is 0 Å². The van der Waals surface area contributed by atoms with Crippen LogP contribution in [0.2, 0.25) is 0 Å². The monoisotopic (exact) mass is 227 g/mol. The molecule has 0 aromatic carbocycles. The molecule has 0 saturated heterocycles. The van der Waals surface area contributed by atoms with Gasteiger partial charge in [-0.15, -0.1) is 0 Å². The number of rotatable bonds is 6. The van der Waals surface area contributed by atoms with Crippen molar-refractivity contribution in [3.63, 3.8) is 0 Å². The van der Waals surface area contributed by atoms with Crippen molar-refractivity contribution in [3.05, 3.63) is 23.7 Å². The third kappa shape index (κ3) is 4.04. The number of hydrogen-bond acceptors (Lipinski definition) is 5. The fourth-order valence-corrected chi connectivity index (χ4v) is 1.09. The quantitative estimate of drug-likeness (QED) is 0.586. The summed E-state index contributed by atoms with van der Waals surface area (Å²) in [6, 6.07) is 3.20. The number of carbonyl (C=O) groups is 1. The SMILES string of the molecule is CC(C)OCCOC(=O)c1ccc(CN)o1. The maximum atomic E-state index is 11.4. The summed E-state index contributed by atoms with van der Waals surface area (Å²) in [5.74, 6) is 0.238. The normalized spacial score (nSPS) is 10.8. The third-order valence-electron chi connectivity index (χ3n) is 1.83. The van der Waals surface area contributed by atoms with E-state index in [2.05, 4.69) is 0 Å². The number of carbonyl (C=O) groups excluding carboxylic acids is 1. The Kier molecular flexibility index (Phi) is 5.01. The molecule has 1 aromatic rings. The Morgan fingerprint density at radius 2 is 2.19 bits per heavy atom. The zero-order chi connectivity index (χ0) is 12.0. The van der Waals surface area contributed by atoms with E-state index in [0.717, 1.165) is 0 Å². The summed E-state index contributed by atoms with van der Waals surface area (Å²) in [7, 11) is 0. The first-order chi connectivity index (χ1) is 7.63. The van der Waals surface area contributed by atoms with Crippen LogP contribution in [-0.2, 0) is 16.0 Å². The molecule has 0 aliphatic rings. The lowest BCUT2D eigenvalue weighted by Gasteiger charge is -2.07. The molecule has 0 fully saturated rings. The minimum Gasteiger partial charge on any atom is -0.457 e. The topological polar surface area (TPSA) is 74.7 Å². The molecule has 0 unspecified atom stereocenters. The van der Waals surface area contributed by atoms with E-state index in [4.69, 9.17) is 19.6 Å². The molecule has 0 radical (unpaired) electrons. The highest BCUT2D eigenvalue weighted by Gasteiger charge is 2.11. The largest absolute Gasteiger partial charge is 0.457 e. The third-order valence-corrected chi connectivity index (χ3v) is 1.83. The lowest BCUT2D eigenvalue weighted by Crippen LogP contribution is -2.13. The zero-order valence-electron chi connectivity index (χ0n) is 9.56. The van der Waals surface area contributed by atoms with Gasteiger partial charge in [-0.2, -0.15) is 0 Å². The van der Waals surface area contributed by atoms with Crippen LogP contribution in [0.4, 0.5) is 0 Å². The van der Waals surface area contributed by atoms with Crippen molar-refractivity contribution in [2.75, 3.05) is 13.2 Å². The molecule has 0 bridgehead atoms. The molecule has 0 atom stereocenters. The van der Waals surface area contributed by atoms with E-state index in [9.17, 15) is 4.79 Å². The van der Waals surface area contributed by atoms with Crippen molar-refractivity contribution < 1.29 is 18.7 Å². The van der Waals surface area contributed by atoms with E-state index in [1.807, 2.05) is 13.8 Å². The van der Waals surface area contributed by atoms with E-state index in [-0.39, 0.29) is 25.0 Å². The molecule has 5 nitrogen and oxygen atoms in total. The van der Waals surface area contributed by atoms with E-state index < -0.39 is 5.97 Å². The molecule has 1 aromatic heterocycles. The lowest BCUT2D eigenvalue weighted by molar-refractivity contribution is 0.0154. The Labute approximate surface area is 94.5 Å². The number of hydrogen-bond donors (Lipinski definition) is 1. The highest BCUT2D eigenvalue weighted by atomic mass is 16.6. The minimum atomic E-state index is -0.493. The molecule has 16 heavy (non-hydrogen) atoms. The molecule has 1 heterocycles. The fraction of sp³-hybridized carbons (Fsp3) is 0.545. The Hall–Kier alpha value is -1.33. The standard InChI is InChI=1S/C11H17NO4/c1-8(2)14-5-6-15-11(13)10-4-3-9(7-12)16-10/h3-4,8H,5-7,12H2,1-2H3. The average molecular weight is 227 g/mol. The van der Waals surface area contributed by atoms with Gasteiger partial charge in [0.1, 0.15) is 12.4 Å². The van der Waals surface area contributed by atoms with E-state index in [1.54, 1.807) is 12.1 Å². The summed E-state index contributed by atoms with van der Waals surface area (Å²) in [6.07, 6.45) is 0.131. The van der Waals surface area contributed by atoms with E-state index in [1.165, 1.54) is 0 Å². The molecule has 1 rings (SSSR count). The van der Waals surface area contributed by atoms with Crippen molar-refractivity contribution in [2.24, 2.45) is 5.73 Å². The molecular weight excluding hydrogens is 210 g/mol. The summed E-state index contributed by atoms with van der Waals surface area (Å²) in [4.78, 5) is 11.4. The molecule has 2 N–H and O–H groups in total. The predicted molar refractivity (Wildman–Crippen MR) is 58.0 cm³/mol. The van der Waals surface area contributed by atoms with Crippen LogP contribution in [0.5, 0.6) is 0 Å². The van der Waals surface area contributed by atoms with E-state index >= 15 is 0 Å². The summed E-state index contributed by atoms with van der Waals surface area (Å²) in [5.41, 5.74) is 5.35. The van der Waals surface area contributed by atoms with Crippen LogP contribution in [0.15, 0.2) is 16.5 Å². The van der Waals surface area contributed by atoms with Gasteiger partial charge in [-0.25, -0.2) is 4.79 Å². The lowest BCUT2D eigenvalue weighted by atomic mass is 10.4. The summed E-state index contributed by atoms with van der Waals surface area (Å²) >= 11 is 0. The van der Waals surface area contributed by atoms with Crippen molar-refractivity contribution in [1.82, 2.24) is 0 Å². The van der Waals surface area contributed by atoms with Gasteiger partial charge < -0.3 is 19.6 Å². The first kappa shape index (κ1) is 12.7. The van der Waals surface area contributed by atoms with Crippen molar-refractivity contribution in [2.45, 2.75) is 26.5 Å². The van der Waals surface area contributed by atoms with Crippen LogP contribution in [0.1, 0.15) is 30.2 Å². The predicted octanol–water partition coefficient (Wildman–Crippen LogP) is 1.32. The molecule has 0 aliphatic carbocycles. The molecule has 0 amide bonds. The second-order valence-electron chi connectivity index (χ2n) is 3.53. The molecular formula is C11H17NO4. The van der Waals surface area contributed by atoms with Gasteiger partial charge in [-0.3, -0.25) is 0 Å². The van der Waals surface area contributed by atoms with Gasteiger partial charge in [-0.05, 0) is 26.0 Å². The number of furan rings is 1. The number of esters is 1. The Balaban J connectivity index is 2.29. The van der Waals surface area contributed by atoms with Gasteiger partial charge in [-0.1, -0.05) is 0 Å². The maximum Gasteiger partial charge on any atom is 0.374 e. The second kappa shape index (κ2) is 6.30. The Morgan fingerprint density at radius 1 is 1.44 bits per heavy atom. The van der Waals surface area contributed by atoms with Gasteiger partial charge >= 0.3 is 5.97 Å². The van der Waals surface area contributed by atoms with E-state index in [0.29, 0.717) is 12.4 Å². The molecule has 90 valence electrons. The molecule has 0 aliphatic heterocycles. The smallest absolute Gasteiger partial charge is 0.374 e. The second-order valence-corrected chi connectivity index (χ2v) is 3.53. The average Bonchev–Trinajstić information content (AvgIpc) is 2.72. The number of nitrogens with two attached hydrogens (primary N) is 1. The van der Waals surface area contributed by atoms with Crippen molar-refractivity contribution in [1.29, 1.82) is 0 Å². The maximum absolute atomic E-state index is 11.4. The summed E-state index contributed by atoms with van der Waals surface area (Å²) in [6.45, 7) is 4.71. The van der Waals surface area contributed by atoms with Crippen molar-refractivity contribution >= 4 is 5.97 Å². The Bertz CT molecular complexity index is 332. The van der Waals surface area contributed by atoms with Gasteiger partial charge in [0.05, 0.1) is 19.3 Å². The van der Waals surface area contributed by atoms with Crippen LogP contribution < -0.4 is 5.73 Å². The van der Waals surface area contributed by atoms with Crippen molar-refractivity contribution in [3.8, 4) is 0 Å². The van der Waals surface area contributed by atoms with Gasteiger partial charge in [0.15, 0.2) is 0 Å². The van der Waals surface area contributed by atoms with Crippen LogP contribution in [0, 0.1) is 0 Å².